The first-order valence-electron chi connectivity index (χ1n) is 9.55. The molecule has 2 aromatic rings. The molecule has 7 nitrogen and oxygen atoms in total. The summed E-state index contributed by atoms with van der Waals surface area (Å²) in [4.78, 5) is 37.6. The quantitative estimate of drug-likeness (QED) is 0.507. The van der Waals surface area contributed by atoms with Crippen LogP contribution in [0.5, 0.6) is 11.5 Å². The molecular weight excluding hydrogens is 410 g/mol. The number of fused-ring (bicyclic) bond motifs is 1. The van der Waals surface area contributed by atoms with E-state index in [1.807, 2.05) is 13.8 Å². The summed E-state index contributed by atoms with van der Waals surface area (Å²) >= 11 is 5.85. The van der Waals surface area contributed by atoms with Gasteiger partial charge in [-0.2, -0.15) is 0 Å². The molecule has 0 saturated heterocycles. The minimum absolute atomic E-state index is 0.103. The minimum atomic E-state index is -0.886. The van der Waals surface area contributed by atoms with Crippen molar-refractivity contribution in [2.75, 3.05) is 13.4 Å². The van der Waals surface area contributed by atoms with Crippen LogP contribution in [-0.2, 0) is 9.53 Å². The molecule has 1 aliphatic heterocycles. The van der Waals surface area contributed by atoms with Gasteiger partial charge in [0.1, 0.15) is 6.04 Å². The van der Waals surface area contributed by atoms with E-state index in [0.29, 0.717) is 34.1 Å². The van der Waals surface area contributed by atoms with Gasteiger partial charge in [0.2, 0.25) is 6.79 Å². The van der Waals surface area contributed by atoms with Crippen molar-refractivity contribution in [3.8, 4) is 11.5 Å². The lowest BCUT2D eigenvalue weighted by molar-refractivity contribution is -0.146. The summed E-state index contributed by atoms with van der Waals surface area (Å²) in [6.45, 7) is 3.39. The van der Waals surface area contributed by atoms with Gasteiger partial charge < -0.3 is 19.5 Å². The van der Waals surface area contributed by atoms with Crippen molar-refractivity contribution >= 4 is 29.3 Å². The number of halogens is 1. The molecule has 0 saturated carbocycles. The van der Waals surface area contributed by atoms with Crippen LogP contribution in [0.2, 0.25) is 5.02 Å². The molecule has 1 heterocycles. The number of esters is 1. The van der Waals surface area contributed by atoms with Gasteiger partial charge in [0, 0.05) is 16.1 Å². The molecule has 30 heavy (non-hydrogen) atoms. The fourth-order valence-electron chi connectivity index (χ4n) is 2.87. The lowest BCUT2D eigenvalue weighted by atomic mass is 9.98. The highest BCUT2D eigenvalue weighted by atomic mass is 35.5. The Kier molecular flexibility index (Phi) is 6.95. The van der Waals surface area contributed by atoms with E-state index in [2.05, 4.69) is 5.32 Å². The third kappa shape index (κ3) is 5.10. The van der Waals surface area contributed by atoms with E-state index < -0.39 is 24.5 Å². The van der Waals surface area contributed by atoms with Gasteiger partial charge in [0.25, 0.3) is 5.91 Å². The Hall–Kier alpha value is -3.06. The predicted molar refractivity (Wildman–Crippen MR) is 110 cm³/mol. The molecule has 0 aliphatic carbocycles. The number of Topliss-reactive ketones (excluding diaryl/α,β-unsaturated/α-hetero) is 1. The lowest BCUT2D eigenvalue weighted by Crippen LogP contribution is -2.46. The number of rotatable bonds is 8. The van der Waals surface area contributed by atoms with Crippen LogP contribution in [0.15, 0.2) is 42.5 Å². The zero-order valence-corrected chi connectivity index (χ0v) is 17.4. The van der Waals surface area contributed by atoms with E-state index in [-0.39, 0.29) is 18.5 Å². The van der Waals surface area contributed by atoms with Gasteiger partial charge in [0.05, 0.1) is 0 Å². The van der Waals surface area contributed by atoms with Crippen molar-refractivity contribution in [2.45, 2.75) is 26.3 Å². The van der Waals surface area contributed by atoms with Gasteiger partial charge in [-0.25, -0.2) is 4.79 Å². The molecule has 8 heteroatoms. The molecule has 2 atom stereocenters. The highest BCUT2D eigenvalue weighted by molar-refractivity contribution is 6.30. The minimum Gasteiger partial charge on any atom is -0.456 e. The molecule has 0 aromatic heterocycles. The van der Waals surface area contributed by atoms with Crippen LogP contribution >= 0.6 is 11.6 Å². The Labute approximate surface area is 179 Å². The monoisotopic (exact) mass is 431 g/mol. The number of hydrogen-bond donors (Lipinski definition) is 1. The molecule has 0 radical (unpaired) electrons. The second kappa shape index (κ2) is 9.63. The summed E-state index contributed by atoms with van der Waals surface area (Å²) in [5.74, 6) is -0.620. The molecule has 0 spiro atoms. The van der Waals surface area contributed by atoms with Crippen LogP contribution < -0.4 is 14.8 Å². The summed E-state index contributed by atoms with van der Waals surface area (Å²) < 4.78 is 15.7. The summed E-state index contributed by atoms with van der Waals surface area (Å²) in [7, 11) is 0. The van der Waals surface area contributed by atoms with Gasteiger partial charge >= 0.3 is 5.97 Å². The maximum Gasteiger partial charge on any atom is 0.329 e. The van der Waals surface area contributed by atoms with E-state index in [9.17, 15) is 14.4 Å². The number of carbonyl (C=O) groups is 3. The average Bonchev–Trinajstić information content (AvgIpc) is 3.23. The van der Waals surface area contributed by atoms with E-state index in [4.69, 9.17) is 25.8 Å². The number of amides is 1. The van der Waals surface area contributed by atoms with Gasteiger partial charge in [-0.05, 0) is 48.4 Å². The first-order chi connectivity index (χ1) is 14.4. The molecular formula is C22H22ClNO6. The summed E-state index contributed by atoms with van der Waals surface area (Å²) in [5.41, 5.74) is 0.717. The maximum atomic E-state index is 12.6. The third-order valence-electron chi connectivity index (χ3n) is 4.90. The second-order valence-electron chi connectivity index (χ2n) is 6.94. The van der Waals surface area contributed by atoms with Crippen LogP contribution in [0.4, 0.5) is 0 Å². The molecule has 3 rings (SSSR count). The van der Waals surface area contributed by atoms with Crippen molar-refractivity contribution in [1.82, 2.24) is 5.32 Å². The summed E-state index contributed by atoms with van der Waals surface area (Å²) in [6, 6.07) is 10.2. The zero-order chi connectivity index (χ0) is 21.7. The Morgan fingerprint density at radius 1 is 1.07 bits per heavy atom. The van der Waals surface area contributed by atoms with Crippen molar-refractivity contribution in [3.05, 3.63) is 58.6 Å². The SMILES string of the molecule is CCC(C)C(NC(=O)c1ccc(Cl)cc1)C(=O)OCC(=O)c1ccc2c(c1)OCO2. The number of carbonyl (C=O) groups excluding carboxylic acids is 3. The van der Waals surface area contributed by atoms with Crippen LogP contribution in [0, 0.1) is 5.92 Å². The molecule has 1 aliphatic rings. The predicted octanol–water partition coefficient (Wildman–Crippen LogP) is 3.64. The van der Waals surface area contributed by atoms with Crippen molar-refractivity contribution in [3.63, 3.8) is 0 Å². The number of nitrogens with one attached hydrogen (secondary N) is 1. The zero-order valence-electron chi connectivity index (χ0n) is 16.6. The Morgan fingerprint density at radius 2 is 1.73 bits per heavy atom. The first-order valence-corrected chi connectivity index (χ1v) is 9.92. The van der Waals surface area contributed by atoms with Crippen molar-refractivity contribution in [2.24, 2.45) is 5.92 Å². The number of hydrogen-bond acceptors (Lipinski definition) is 6. The fraction of sp³-hybridized carbons (Fsp3) is 0.318. The van der Waals surface area contributed by atoms with Gasteiger partial charge in [-0.15, -0.1) is 0 Å². The number of ketones is 1. The highest BCUT2D eigenvalue weighted by Gasteiger charge is 2.28. The van der Waals surface area contributed by atoms with E-state index in [1.54, 1.807) is 42.5 Å². The summed E-state index contributed by atoms with van der Waals surface area (Å²) in [5, 5.41) is 3.20. The van der Waals surface area contributed by atoms with Gasteiger partial charge in [0.15, 0.2) is 23.9 Å². The van der Waals surface area contributed by atoms with E-state index in [1.165, 1.54) is 0 Å². The number of benzene rings is 2. The van der Waals surface area contributed by atoms with Crippen LogP contribution in [0.25, 0.3) is 0 Å². The van der Waals surface area contributed by atoms with Crippen LogP contribution in [0.3, 0.4) is 0 Å². The Balaban J connectivity index is 1.62. The summed E-state index contributed by atoms with van der Waals surface area (Å²) in [6.07, 6.45) is 0.636. The molecule has 1 amide bonds. The Morgan fingerprint density at radius 3 is 2.43 bits per heavy atom. The topological polar surface area (TPSA) is 90.9 Å². The third-order valence-corrected chi connectivity index (χ3v) is 5.15. The van der Waals surface area contributed by atoms with Crippen molar-refractivity contribution < 1.29 is 28.6 Å². The molecule has 158 valence electrons. The first kappa shape index (κ1) is 21.6. The number of ether oxygens (including phenoxy) is 3. The Bertz CT molecular complexity index is 943. The molecule has 0 bridgehead atoms. The van der Waals surface area contributed by atoms with E-state index in [0.717, 1.165) is 0 Å². The highest BCUT2D eigenvalue weighted by Crippen LogP contribution is 2.32. The van der Waals surface area contributed by atoms with Gasteiger partial charge in [-0.1, -0.05) is 31.9 Å². The van der Waals surface area contributed by atoms with E-state index >= 15 is 0 Å². The van der Waals surface area contributed by atoms with Crippen molar-refractivity contribution in [1.29, 1.82) is 0 Å². The molecule has 0 fully saturated rings. The standard InChI is InChI=1S/C22H22ClNO6/c1-3-13(2)20(24-21(26)14-4-7-16(23)8-5-14)22(27)28-11-17(25)15-6-9-18-19(10-15)30-12-29-18/h4-10,13,20H,3,11-12H2,1-2H3,(H,24,26). The largest absolute Gasteiger partial charge is 0.456 e. The van der Waals surface area contributed by atoms with Crippen LogP contribution in [0.1, 0.15) is 41.0 Å². The normalized spacial score (nSPS) is 14.0. The molecule has 1 N–H and O–H groups in total. The average molecular weight is 432 g/mol. The smallest absolute Gasteiger partial charge is 0.329 e. The van der Waals surface area contributed by atoms with Crippen LogP contribution in [-0.4, -0.2) is 37.1 Å². The fourth-order valence-corrected chi connectivity index (χ4v) is 3.00. The molecule has 2 aromatic carbocycles. The maximum absolute atomic E-state index is 12.6. The molecule has 2 unspecified atom stereocenters. The lowest BCUT2D eigenvalue weighted by Gasteiger charge is -2.22. The van der Waals surface area contributed by atoms with Gasteiger partial charge in [-0.3, -0.25) is 9.59 Å². The second-order valence-corrected chi connectivity index (χ2v) is 7.38.